The second-order valence-corrected chi connectivity index (χ2v) is 8.40. The minimum atomic E-state index is -1.52. The van der Waals surface area contributed by atoms with Crippen molar-refractivity contribution in [3.63, 3.8) is 0 Å². The van der Waals surface area contributed by atoms with Crippen LogP contribution in [0.15, 0.2) is 48.7 Å². The molecule has 1 aromatic heterocycles. The molecule has 0 aliphatic carbocycles. The highest BCUT2D eigenvalue weighted by atomic mass is 16.5. The fraction of sp³-hybridized carbons (Fsp3) is 0.417. The second-order valence-electron chi connectivity index (χ2n) is 8.40. The first-order valence-electron chi connectivity index (χ1n) is 10.2. The molecule has 0 aliphatic heterocycles. The summed E-state index contributed by atoms with van der Waals surface area (Å²) in [7, 11) is 1.62. The zero-order valence-electron chi connectivity index (χ0n) is 18.0. The van der Waals surface area contributed by atoms with Gasteiger partial charge in [-0.2, -0.15) is 0 Å². The average molecular weight is 394 g/mol. The Morgan fingerprint density at radius 3 is 2.45 bits per heavy atom. The molecule has 0 radical (unpaired) electrons. The first kappa shape index (κ1) is 21.2. The summed E-state index contributed by atoms with van der Waals surface area (Å²) in [6, 6.07) is 13.6. The number of nitrogens with zero attached hydrogens (tertiary/aromatic N) is 2. The van der Waals surface area contributed by atoms with Gasteiger partial charge >= 0.3 is 0 Å². The average Bonchev–Trinajstić information content (AvgIpc) is 2.72. The fourth-order valence-electron chi connectivity index (χ4n) is 3.36. The number of benzene rings is 2. The topological polar surface area (TPSA) is 67.3 Å². The third-order valence-electron chi connectivity index (χ3n) is 5.19. The number of unbranched alkanes of at least 4 members (excludes halogenated alkanes) is 1. The summed E-state index contributed by atoms with van der Waals surface area (Å²) < 4.78 is 5.63. The van der Waals surface area contributed by atoms with Gasteiger partial charge in [0.1, 0.15) is 11.4 Å². The third kappa shape index (κ3) is 4.41. The van der Waals surface area contributed by atoms with Crippen LogP contribution in [0, 0.1) is 0 Å². The summed E-state index contributed by atoms with van der Waals surface area (Å²) in [5, 5.41) is 15.3. The van der Waals surface area contributed by atoms with E-state index >= 15 is 0 Å². The summed E-state index contributed by atoms with van der Waals surface area (Å²) in [4.78, 5) is 9.26. The van der Waals surface area contributed by atoms with Crippen LogP contribution in [0.1, 0.15) is 57.4 Å². The zero-order chi connectivity index (χ0) is 21.1. The summed E-state index contributed by atoms with van der Waals surface area (Å²) in [6.45, 7) is 9.22. The van der Waals surface area contributed by atoms with E-state index in [1.807, 2.05) is 42.5 Å². The van der Waals surface area contributed by atoms with Crippen molar-refractivity contribution in [3.8, 4) is 5.75 Å². The lowest BCUT2D eigenvalue weighted by Crippen LogP contribution is -2.45. The van der Waals surface area contributed by atoms with Gasteiger partial charge in [0.25, 0.3) is 0 Å². The van der Waals surface area contributed by atoms with E-state index < -0.39 is 5.72 Å². The largest absolute Gasteiger partial charge is 0.496 e. The molecule has 0 fully saturated rings. The molecule has 0 saturated carbocycles. The molecular weight excluding hydrogens is 362 g/mol. The van der Waals surface area contributed by atoms with Crippen LogP contribution in [0.25, 0.3) is 11.0 Å². The Hall–Kier alpha value is -2.50. The molecule has 29 heavy (non-hydrogen) atoms. The lowest BCUT2D eigenvalue weighted by atomic mass is 9.84. The maximum Gasteiger partial charge on any atom is 0.191 e. The highest BCUT2D eigenvalue weighted by Crippen LogP contribution is 2.36. The van der Waals surface area contributed by atoms with E-state index in [9.17, 15) is 5.11 Å². The van der Waals surface area contributed by atoms with Gasteiger partial charge in [0.15, 0.2) is 5.72 Å². The van der Waals surface area contributed by atoms with Crippen LogP contribution in [-0.4, -0.2) is 28.7 Å². The molecule has 0 bridgehead atoms. The van der Waals surface area contributed by atoms with E-state index in [1.165, 1.54) is 0 Å². The lowest BCUT2D eigenvalue weighted by molar-refractivity contribution is 0.0360. The predicted octanol–water partition coefficient (Wildman–Crippen LogP) is 4.52. The number of aromatic nitrogens is 2. The molecule has 0 aliphatic rings. The van der Waals surface area contributed by atoms with Gasteiger partial charge in [-0.25, -0.2) is 4.98 Å². The Morgan fingerprint density at radius 1 is 1.07 bits per heavy atom. The number of fused-ring (bicyclic) bond motifs is 1. The van der Waals surface area contributed by atoms with Crippen molar-refractivity contribution in [2.45, 2.75) is 51.7 Å². The molecule has 5 nitrogen and oxygen atoms in total. The second kappa shape index (κ2) is 8.47. The van der Waals surface area contributed by atoms with Crippen molar-refractivity contribution in [1.82, 2.24) is 15.3 Å². The van der Waals surface area contributed by atoms with Crippen molar-refractivity contribution in [2.24, 2.45) is 0 Å². The monoisotopic (exact) mass is 393 g/mol. The number of rotatable bonds is 7. The lowest BCUT2D eigenvalue weighted by Gasteiger charge is -2.32. The summed E-state index contributed by atoms with van der Waals surface area (Å²) >= 11 is 0. The molecule has 154 valence electrons. The predicted molar refractivity (Wildman–Crippen MR) is 117 cm³/mol. The van der Waals surface area contributed by atoms with E-state index in [1.54, 1.807) is 13.3 Å². The number of para-hydroxylation sites is 2. The summed E-state index contributed by atoms with van der Waals surface area (Å²) in [6.07, 6.45) is 3.60. The molecule has 0 spiro atoms. The Morgan fingerprint density at radius 2 is 1.79 bits per heavy atom. The number of nitrogens with one attached hydrogen (secondary N) is 1. The highest BCUT2D eigenvalue weighted by molar-refractivity contribution is 5.73. The van der Waals surface area contributed by atoms with Crippen LogP contribution in [0.2, 0.25) is 0 Å². The Balaban J connectivity index is 2.20. The first-order valence-corrected chi connectivity index (χ1v) is 10.2. The highest BCUT2D eigenvalue weighted by Gasteiger charge is 2.37. The first-order chi connectivity index (χ1) is 13.8. The van der Waals surface area contributed by atoms with Gasteiger partial charge < -0.3 is 9.84 Å². The molecule has 1 heterocycles. The standard InChI is InChI=1S/C24H31N3O2/c1-6-7-14-26-24(28,22-16-25-19-10-8-9-11-20(19)27-22)18-15-17(23(2,3)4)12-13-21(18)29-5/h8-13,15-16,26,28H,6-7,14H2,1-5H3. The SMILES string of the molecule is CCCCNC(O)(c1cnc2ccccc2n1)c1cc(C(C)(C)C)ccc1OC. The van der Waals surface area contributed by atoms with Crippen molar-refractivity contribution in [3.05, 3.63) is 65.5 Å². The van der Waals surface area contributed by atoms with Crippen molar-refractivity contribution in [2.75, 3.05) is 13.7 Å². The van der Waals surface area contributed by atoms with E-state index in [0.717, 1.165) is 29.4 Å². The van der Waals surface area contributed by atoms with Gasteiger partial charge in [-0.15, -0.1) is 0 Å². The van der Waals surface area contributed by atoms with Gasteiger partial charge in [0.2, 0.25) is 0 Å². The Kier molecular flexibility index (Phi) is 6.20. The van der Waals surface area contributed by atoms with Crippen LogP contribution >= 0.6 is 0 Å². The smallest absolute Gasteiger partial charge is 0.191 e. The maximum absolute atomic E-state index is 11.9. The van der Waals surface area contributed by atoms with Crippen molar-refractivity contribution >= 4 is 11.0 Å². The van der Waals surface area contributed by atoms with Crippen molar-refractivity contribution < 1.29 is 9.84 Å². The molecule has 0 amide bonds. The Labute approximate surface area is 173 Å². The normalized spacial score (nSPS) is 14.0. The molecular formula is C24H31N3O2. The van der Waals surface area contributed by atoms with Gasteiger partial charge in [-0.3, -0.25) is 10.3 Å². The molecule has 1 unspecified atom stereocenters. The van der Waals surface area contributed by atoms with Crippen LogP contribution in [-0.2, 0) is 11.1 Å². The molecule has 3 aromatic rings. The van der Waals surface area contributed by atoms with Gasteiger partial charge in [0.05, 0.1) is 24.3 Å². The van der Waals surface area contributed by atoms with Crippen LogP contribution in [0.3, 0.4) is 0 Å². The van der Waals surface area contributed by atoms with Crippen LogP contribution in [0.5, 0.6) is 5.75 Å². The molecule has 2 aromatic carbocycles. The number of aliphatic hydroxyl groups is 1. The number of hydrogen-bond acceptors (Lipinski definition) is 5. The van der Waals surface area contributed by atoms with Crippen molar-refractivity contribution in [1.29, 1.82) is 0 Å². The summed E-state index contributed by atoms with van der Waals surface area (Å²) in [5.74, 6) is 0.611. The van der Waals surface area contributed by atoms with E-state index in [4.69, 9.17) is 9.72 Å². The van der Waals surface area contributed by atoms with Gasteiger partial charge in [-0.05, 0) is 48.2 Å². The van der Waals surface area contributed by atoms with Gasteiger partial charge in [0, 0.05) is 5.56 Å². The number of methoxy groups -OCH3 is 1. The molecule has 2 N–H and O–H groups in total. The van der Waals surface area contributed by atoms with E-state index in [2.05, 4.69) is 38.0 Å². The van der Waals surface area contributed by atoms with Crippen LogP contribution in [0.4, 0.5) is 0 Å². The quantitative estimate of drug-likeness (QED) is 0.456. The van der Waals surface area contributed by atoms with Crippen LogP contribution < -0.4 is 10.1 Å². The number of hydrogen-bond donors (Lipinski definition) is 2. The Bertz CT molecular complexity index is 981. The molecule has 3 rings (SSSR count). The summed E-state index contributed by atoms with van der Waals surface area (Å²) in [5.41, 5.74) is 2.16. The molecule has 1 atom stereocenters. The van der Waals surface area contributed by atoms with Gasteiger partial charge in [-0.1, -0.05) is 52.3 Å². The maximum atomic E-state index is 11.9. The third-order valence-corrected chi connectivity index (χ3v) is 5.19. The van der Waals surface area contributed by atoms with E-state index in [-0.39, 0.29) is 5.41 Å². The minimum absolute atomic E-state index is 0.0690. The molecule has 0 saturated heterocycles. The van der Waals surface area contributed by atoms with E-state index in [0.29, 0.717) is 23.6 Å². The fourth-order valence-corrected chi connectivity index (χ4v) is 3.36. The minimum Gasteiger partial charge on any atom is -0.496 e. The zero-order valence-corrected chi connectivity index (χ0v) is 18.0. The number of ether oxygens (including phenoxy) is 1. The molecule has 5 heteroatoms.